The molecule has 5 heteroatoms. The quantitative estimate of drug-likeness (QED) is 0.781. The molecule has 0 amide bonds. The topological polar surface area (TPSA) is 66.4 Å². The van der Waals surface area contributed by atoms with E-state index in [9.17, 15) is 9.59 Å². The molecule has 0 radical (unpaired) electrons. The van der Waals surface area contributed by atoms with E-state index in [1.165, 1.54) is 11.3 Å². The highest BCUT2D eigenvalue weighted by atomic mass is 32.1. The maximum Gasteiger partial charge on any atom is 0.308 e. The second-order valence-corrected chi connectivity index (χ2v) is 5.05. The first-order chi connectivity index (χ1) is 7.72. The minimum absolute atomic E-state index is 0.0393. The lowest BCUT2D eigenvalue weighted by Gasteiger charge is -2.28. The van der Waals surface area contributed by atoms with Crippen molar-refractivity contribution in [2.24, 2.45) is 5.92 Å². The minimum atomic E-state index is -0.766. The van der Waals surface area contributed by atoms with Crippen LogP contribution >= 0.6 is 11.3 Å². The predicted octanol–water partition coefficient (Wildman–Crippen LogP) is 1.34. The standard InChI is InChI=1S/C11H13NO3S/c13-6-7-1-2-10(16-7)8-3-4-12-5-9(8)11(14)15/h1-2,6,8-9,12H,3-5H2,(H,14,15). The van der Waals surface area contributed by atoms with E-state index in [1.54, 1.807) is 6.07 Å². The molecule has 1 fully saturated rings. The first-order valence-electron chi connectivity index (χ1n) is 5.21. The van der Waals surface area contributed by atoms with Gasteiger partial charge >= 0.3 is 5.97 Å². The van der Waals surface area contributed by atoms with E-state index < -0.39 is 5.97 Å². The lowest BCUT2D eigenvalue weighted by molar-refractivity contribution is -0.142. The van der Waals surface area contributed by atoms with E-state index in [4.69, 9.17) is 5.11 Å². The Bertz CT molecular complexity index is 402. The fraction of sp³-hybridized carbons (Fsp3) is 0.455. The van der Waals surface area contributed by atoms with Crippen molar-refractivity contribution in [3.8, 4) is 0 Å². The average molecular weight is 239 g/mol. The van der Waals surface area contributed by atoms with Gasteiger partial charge in [-0.05, 0) is 25.1 Å². The van der Waals surface area contributed by atoms with Gasteiger partial charge in [-0.15, -0.1) is 11.3 Å². The molecule has 2 N–H and O–H groups in total. The van der Waals surface area contributed by atoms with Gasteiger partial charge in [-0.3, -0.25) is 9.59 Å². The summed E-state index contributed by atoms with van der Waals surface area (Å²) in [5.74, 6) is -1.11. The first-order valence-corrected chi connectivity index (χ1v) is 6.02. The third-order valence-electron chi connectivity index (χ3n) is 2.93. The SMILES string of the molecule is O=Cc1ccc(C2CCNCC2C(=O)O)s1. The number of rotatable bonds is 3. The Morgan fingerprint density at radius 2 is 2.38 bits per heavy atom. The molecule has 0 spiro atoms. The summed E-state index contributed by atoms with van der Waals surface area (Å²) >= 11 is 1.40. The van der Waals surface area contributed by atoms with Gasteiger partial charge in [0.15, 0.2) is 6.29 Å². The van der Waals surface area contributed by atoms with Gasteiger partial charge in [-0.2, -0.15) is 0 Å². The maximum absolute atomic E-state index is 11.1. The van der Waals surface area contributed by atoms with Gasteiger partial charge in [-0.25, -0.2) is 0 Å². The number of nitrogens with one attached hydrogen (secondary N) is 1. The third kappa shape index (κ3) is 2.15. The average Bonchev–Trinajstić information content (AvgIpc) is 2.77. The second kappa shape index (κ2) is 4.76. The van der Waals surface area contributed by atoms with Gasteiger partial charge in [-0.1, -0.05) is 0 Å². The molecule has 0 saturated carbocycles. The molecule has 1 aromatic heterocycles. The van der Waals surface area contributed by atoms with E-state index >= 15 is 0 Å². The molecule has 1 aliphatic heterocycles. The van der Waals surface area contributed by atoms with Gasteiger partial charge in [0.1, 0.15) is 0 Å². The number of thiophene rings is 1. The van der Waals surface area contributed by atoms with Gasteiger partial charge in [0.2, 0.25) is 0 Å². The molecule has 16 heavy (non-hydrogen) atoms. The minimum Gasteiger partial charge on any atom is -0.481 e. The van der Waals surface area contributed by atoms with E-state index in [0.717, 1.165) is 24.1 Å². The molecular formula is C11H13NO3S. The molecule has 0 aliphatic carbocycles. The summed E-state index contributed by atoms with van der Waals surface area (Å²) in [5, 5.41) is 12.2. The van der Waals surface area contributed by atoms with E-state index in [0.29, 0.717) is 11.4 Å². The van der Waals surface area contributed by atoms with Gasteiger partial charge in [0, 0.05) is 17.3 Å². The molecule has 0 bridgehead atoms. The summed E-state index contributed by atoms with van der Waals surface area (Å²) in [6, 6.07) is 3.63. The Balaban J connectivity index is 2.22. The molecule has 1 aromatic rings. The lowest BCUT2D eigenvalue weighted by Crippen LogP contribution is -2.39. The number of carboxylic acids is 1. The second-order valence-electron chi connectivity index (χ2n) is 3.90. The van der Waals surface area contributed by atoms with Gasteiger partial charge < -0.3 is 10.4 Å². The molecule has 4 nitrogen and oxygen atoms in total. The van der Waals surface area contributed by atoms with Crippen LogP contribution in [0.1, 0.15) is 26.9 Å². The number of aldehydes is 1. The van der Waals surface area contributed by atoms with Crippen molar-refractivity contribution in [1.82, 2.24) is 5.32 Å². The zero-order valence-corrected chi connectivity index (χ0v) is 9.50. The fourth-order valence-electron chi connectivity index (χ4n) is 2.09. The van der Waals surface area contributed by atoms with Crippen molar-refractivity contribution in [2.45, 2.75) is 12.3 Å². The Labute approximate surface area is 97.3 Å². The van der Waals surface area contributed by atoms with Crippen LogP contribution in [0.3, 0.4) is 0 Å². The highest BCUT2D eigenvalue weighted by Crippen LogP contribution is 2.34. The van der Waals surface area contributed by atoms with Crippen LogP contribution in [0.25, 0.3) is 0 Å². The molecule has 86 valence electrons. The van der Waals surface area contributed by atoms with Crippen LogP contribution in [-0.4, -0.2) is 30.5 Å². The molecule has 2 atom stereocenters. The summed E-state index contributed by atoms with van der Waals surface area (Å²) in [5.41, 5.74) is 0. The highest BCUT2D eigenvalue weighted by Gasteiger charge is 2.32. The number of carbonyl (C=O) groups excluding carboxylic acids is 1. The smallest absolute Gasteiger partial charge is 0.308 e. The number of hydrogen-bond donors (Lipinski definition) is 2. The number of carboxylic acid groups (broad SMARTS) is 1. The number of piperidine rings is 1. The fourth-order valence-corrected chi connectivity index (χ4v) is 3.12. The number of hydrogen-bond acceptors (Lipinski definition) is 4. The zero-order chi connectivity index (χ0) is 11.5. The van der Waals surface area contributed by atoms with Crippen molar-refractivity contribution in [1.29, 1.82) is 0 Å². The summed E-state index contributed by atoms with van der Waals surface area (Å²) in [6.07, 6.45) is 1.63. The van der Waals surface area contributed by atoms with Crippen LogP contribution in [0.4, 0.5) is 0 Å². The summed E-state index contributed by atoms with van der Waals surface area (Å²) in [7, 11) is 0. The summed E-state index contributed by atoms with van der Waals surface area (Å²) < 4.78 is 0. The molecule has 1 aliphatic rings. The Hall–Kier alpha value is -1.20. The van der Waals surface area contributed by atoms with E-state index in [1.807, 2.05) is 6.07 Å². The Morgan fingerprint density at radius 3 is 3.00 bits per heavy atom. The van der Waals surface area contributed by atoms with Crippen molar-refractivity contribution in [2.75, 3.05) is 13.1 Å². The Kier molecular flexibility index (Phi) is 3.36. The van der Waals surface area contributed by atoms with Crippen LogP contribution in [0.15, 0.2) is 12.1 Å². The van der Waals surface area contributed by atoms with Crippen molar-refractivity contribution >= 4 is 23.6 Å². The molecule has 2 heterocycles. The van der Waals surface area contributed by atoms with Crippen LogP contribution in [0.5, 0.6) is 0 Å². The summed E-state index contributed by atoms with van der Waals surface area (Å²) in [6.45, 7) is 1.34. The zero-order valence-electron chi connectivity index (χ0n) is 8.68. The van der Waals surface area contributed by atoms with Crippen LogP contribution in [0, 0.1) is 5.92 Å². The third-order valence-corrected chi connectivity index (χ3v) is 4.07. The van der Waals surface area contributed by atoms with Crippen LogP contribution in [0.2, 0.25) is 0 Å². The molecule has 0 aromatic carbocycles. The number of aliphatic carboxylic acids is 1. The van der Waals surface area contributed by atoms with Gasteiger partial charge in [0.05, 0.1) is 10.8 Å². The van der Waals surface area contributed by atoms with Crippen LogP contribution in [-0.2, 0) is 4.79 Å². The molecule has 2 rings (SSSR count). The van der Waals surface area contributed by atoms with Crippen molar-refractivity contribution in [3.05, 3.63) is 21.9 Å². The van der Waals surface area contributed by atoms with Gasteiger partial charge in [0.25, 0.3) is 0 Å². The van der Waals surface area contributed by atoms with Crippen molar-refractivity contribution < 1.29 is 14.7 Å². The molecular weight excluding hydrogens is 226 g/mol. The van der Waals surface area contributed by atoms with Crippen LogP contribution < -0.4 is 5.32 Å². The maximum atomic E-state index is 11.1. The van der Waals surface area contributed by atoms with E-state index in [-0.39, 0.29) is 11.8 Å². The first kappa shape index (κ1) is 11.3. The highest BCUT2D eigenvalue weighted by molar-refractivity contribution is 7.13. The molecule has 1 saturated heterocycles. The Morgan fingerprint density at radius 1 is 1.56 bits per heavy atom. The molecule has 2 unspecified atom stereocenters. The monoisotopic (exact) mass is 239 g/mol. The normalized spacial score (nSPS) is 25.2. The van der Waals surface area contributed by atoms with E-state index in [2.05, 4.69) is 5.32 Å². The predicted molar refractivity (Wildman–Crippen MR) is 61.1 cm³/mol. The summed E-state index contributed by atoms with van der Waals surface area (Å²) in [4.78, 5) is 23.4. The largest absolute Gasteiger partial charge is 0.481 e. The lowest BCUT2D eigenvalue weighted by atomic mass is 9.85. The van der Waals surface area contributed by atoms with Crippen molar-refractivity contribution in [3.63, 3.8) is 0 Å². The number of carbonyl (C=O) groups is 2.